The SMILES string of the molecule is CCCCCCCCCCCCN1CCN(C)C1=NP(=O)(OCC1OCCC1OP(=O)(/N=C1\N(C)CCN1CCCCCCCCCCCC)OCC1OCCC1OP(=O)(N=C1N(C)CCN1CCCCCCCCCCCC)OC(C)(C)C)OC1CCOC1COP(=O)(O)OCCCCCCO. The minimum atomic E-state index is -4.57. The fourth-order valence-corrected chi connectivity index (χ4v) is 19.8. The summed E-state index contributed by atoms with van der Waals surface area (Å²) < 4.78 is 143. The maximum Gasteiger partial charge on any atom is 0.472 e. The summed E-state index contributed by atoms with van der Waals surface area (Å²) in [5.41, 5.74) is -0.903. The van der Waals surface area contributed by atoms with Crippen molar-refractivity contribution in [3.8, 4) is 0 Å². The third-order valence-corrected chi connectivity index (χ3v) is 25.7. The van der Waals surface area contributed by atoms with Gasteiger partial charge in [-0.1, -0.05) is 207 Å². The normalized spacial score (nSPS) is 24.9. The molecule has 0 spiro atoms. The second kappa shape index (κ2) is 49.5. The largest absolute Gasteiger partial charge is 0.472 e. The average molecular weight is 1540 g/mol. The van der Waals surface area contributed by atoms with Gasteiger partial charge in [0.2, 0.25) is 17.9 Å². The topological polar surface area (TPSA) is 267 Å². The monoisotopic (exact) mass is 1540 g/mol. The van der Waals surface area contributed by atoms with Crippen LogP contribution in [0.5, 0.6) is 0 Å². The summed E-state index contributed by atoms with van der Waals surface area (Å²) >= 11 is 0. The molecular weight excluding hydrogens is 1400 g/mol. The van der Waals surface area contributed by atoms with E-state index in [1.54, 1.807) is 0 Å². The van der Waals surface area contributed by atoms with Crippen LogP contribution < -0.4 is 0 Å². The molecule has 0 saturated carbocycles. The Morgan fingerprint density at radius 3 is 1.02 bits per heavy atom. The van der Waals surface area contributed by atoms with Crippen molar-refractivity contribution in [1.29, 1.82) is 0 Å². The molecule has 103 heavy (non-hydrogen) atoms. The van der Waals surface area contributed by atoms with Gasteiger partial charge in [0.25, 0.3) is 0 Å². The van der Waals surface area contributed by atoms with Crippen LogP contribution in [0.1, 0.15) is 279 Å². The molecule has 6 aliphatic heterocycles. The lowest BCUT2D eigenvalue weighted by Crippen LogP contribution is -2.34. The van der Waals surface area contributed by atoms with Gasteiger partial charge in [-0.25, -0.2) is 18.3 Å². The lowest BCUT2D eigenvalue weighted by molar-refractivity contribution is -0.0144. The van der Waals surface area contributed by atoms with Crippen LogP contribution >= 0.6 is 31.1 Å². The Labute approximate surface area is 622 Å². The molecule has 6 heterocycles. The Kier molecular flexibility index (Phi) is 43.3. The number of ether oxygens (including phenoxy) is 3. The first-order valence-corrected chi connectivity index (χ1v) is 46.7. The molecular formula is C73H143N9O17P4. The molecule has 6 fully saturated rings. The fraction of sp³-hybridized carbons (Fsp3) is 0.959. The quantitative estimate of drug-likeness (QED) is 0.0423. The standard InChI is InChI=1S/C73H143N9O17P4/c1-10-13-16-19-22-25-28-31-34-39-47-80-53-50-77(7)70(80)74-100(84,94-62-68-66(46-60-90-68)98-102(86,99-73(4,5)6)76-72-79(9)52-55-82(72)49-41-36-33-30-27-24-21-18-15-12-3)96-64-44-58-89-67(64)61-93-101(85,75-71-78(8)51-54-81(71)48-40-35-32-29-26-23-20-17-14-11-2)97-65-45-59-91-69(65)63-95-103(87,88)92-57-43-38-37-42-56-83/h64-69,83H,10-63H2,1-9H3,(H,87,88)/b74-70+,75-71?,76-72?. The molecule has 0 bridgehead atoms. The predicted octanol–water partition coefficient (Wildman–Crippen LogP) is 16.9. The average Bonchev–Trinajstić information content (AvgIpc) is 1.73. The molecule has 10 unspecified atom stereocenters. The van der Waals surface area contributed by atoms with Gasteiger partial charge in [0, 0.05) is 126 Å². The van der Waals surface area contributed by atoms with Crippen LogP contribution in [0.25, 0.3) is 0 Å². The molecule has 10 atom stereocenters. The molecule has 26 nitrogen and oxygen atoms in total. The first-order valence-electron chi connectivity index (χ1n) is 40.7. The number of guanidine groups is 3. The highest BCUT2D eigenvalue weighted by molar-refractivity contribution is 7.53. The van der Waals surface area contributed by atoms with Crippen LogP contribution in [0.15, 0.2) is 14.3 Å². The van der Waals surface area contributed by atoms with E-state index in [9.17, 15) is 9.46 Å². The molecule has 602 valence electrons. The van der Waals surface area contributed by atoms with Gasteiger partial charge < -0.3 is 53.6 Å². The van der Waals surface area contributed by atoms with Crippen molar-refractivity contribution < 1.29 is 78.7 Å². The summed E-state index contributed by atoms with van der Waals surface area (Å²) in [4.78, 5) is 23.0. The molecule has 6 aliphatic rings. The summed E-state index contributed by atoms with van der Waals surface area (Å²) in [5.74, 6) is 1.49. The Bertz CT molecular complexity index is 2620. The minimum absolute atomic E-state index is 0.0118. The van der Waals surface area contributed by atoms with Crippen LogP contribution in [-0.4, -0.2) is 232 Å². The summed E-state index contributed by atoms with van der Waals surface area (Å²) in [6.45, 7) is 18.0. The van der Waals surface area contributed by atoms with E-state index in [0.717, 1.165) is 70.9 Å². The number of nitrogens with zero attached hydrogens (tertiary/aromatic N) is 9. The number of aliphatic hydroxyl groups is 1. The highest BCUT2D eigenvalue weighted by atomic mass is 31.2. The Morgan fingerprint density at radius 1 is 0.398 bits per heavy atom. The lowest BCUT2D eigenvalue weighted by Gasteiger charge is -2.30. The zero-order chi connectivity index (χ0) is 74.2. The van der Waals surface area contributed by atoms with Crippen molar-refractivity contribution in [3.05, 3.63) is 0 Å². The Hall–Kier alpha value is -1.79. The smallest absolute Gasteiger partial charge is 0.396 e. The van der Waals surface area contributed by atoms with Gasteiger partial charge in [-0.05, 0) is 52.9 Å². The third-order valence-electron chi connectivity index (χ3n) is 20.1. The van der Waals surface area contributed by atoms with E-state index in [2.05, 4.69) is 35.5 Å². The van der Waals surface area contributed by atoms with Crippen LogP contribution in [0.3, 0.4) is 0 Å². The number of unbranched alkanes of at least 4 members (excludes halogenated alkanes) is 30. The molecule has 0 aromatic rings. The first-order chi connectivity index (χ1) is 49.6. The van der Waals surface area contributed by atoms with Gasteiger partial charge in [-0.3, -0.25) is 36.2 Å². The summed E-state index contributed by atoms with van der Waals surface area (Å²) in [7, 11) is -12.1. The predicted molar refractivity (Wildman–Crippen MR) is 411 cm³/mol. The highest BCUT2D eigenvalue weighted by Gasteiger charge is 2.47. The highest BCUT2D eigenvalue weighted by Crippen LogP contribution is 2.59. The van der Waals surface area contributed by atoms with E-state index >= 15 is 13.7 Å². The minimum Gasteiger partial charge on any atom is -0.396 e. The van der Waals surface area contributed by atoms with E-state index in [0.29, 0.717) is 89.4 Å². The Balaban J connectivity index is 1.21. The second-order valence-electron chi connectivity index (χ2n) is 30.4. The third kappa shape index (κ3) is 35.0. The maximum absolute atomic E-state index is 16.0. The van der Waals surface area contributed by atoms with Crippen LogP contribution in [0.4, 0.5) is 0 Å². The summed E-state index contributed by atoms with van der Waals surface area (Å²) in [6.07, 6.45) is 34.1. The molecule has 0 radical (unpaired) electrons. The number of hydrogen-bond acceptors (Lipinski definition) is 16. The molecule has 0 aromatic heterocycles. The van der Waals surface area contributed by atoms with Crippen LogP contribution in [0.2, 0.25) is 0 Å². The Morgan fingerprint density at radius 2 is 0.689 bits per heavy atom. The van der Waals surface area contributed by atoms with Crippen molar-refractivity contribution >= 4 is 48.9 Å². The number of phosphoric ester groups is 1. The number of hydrogen-bond donors (Lipinski definition) is 2. The molecule has 0 aromatic carbocycles. The van der Waals surface area contributed by atoms with Crippen molar-refractivity contribution in [2.75, 3.05) is 133 Å². The number of likely N-dealkylation sites (N-methyl/N-ethyl adjacent to an activating group) is 3. The van der Waals surface area contributed by atoms with E-state index in [1.807, 2.05) is 56.6 Å². The first kappa shape index (κ1) is 90.1. The number of aliphatic hydroxyl groups excluding tert-OH is 1. The van der Waals surface area contributed by atoms with Crippen molar-refractivity contribution in [2.45, 2.75) is 321 Å². The van der Waals surface area contributed by atoms with Gasteiger partial charge in [0.05, 0.1) is 50.3 Å². The van der Waals surface area contributed by atoms with Gasteiger partial charge >= 0.3 is 31.1 Å². The van der Waals surface area contributed by atoms with E-state index in [-0.39, 0.29) is 59.1 Å². The molecule has 30 heteroatoms. The van der Waals surface area contributed by atoms with Crippen molar-refractivity contribution in [1.82, 2.24) is 29.4 Å². The molecule has 6 saturated heterocycles. The van der Waals surface area contributed by atoms with E-state index in [4.69, 9.17) is 69.8 Å². The van der Waals surface area contributed by atoms with Gasteiger partial charge in [-0.15, -0.1) is 14.3 Å². The van der Waals surface area contributed by atoms with Crippen molar-refractivity contribution in [3.63, 3.8) is 0 Å². The van der Waals surface area contributed by atoms with E-state index in [1.165, 1.54) is 141 Å². The molecule has 2 N–H and O–H groups in total. The van der Waals surface area contributed by atoms with Crippen LogP contribution in [-0.2, 0) is 68.7 Å². The second-order valence-corrected chi connectivity index (χ2v) is 36.6. The zero-order valence-electron chi connectivity index (χ0n) is 65.5. The van der Waals surface area contributed by atoms with Crippen molar-refractivity contribution in [2.24, 2.45) is 14.3 Å². The number of rotatable bonds is 59. The molecule has 6 rings (SSSR count). The fourth-order valence-electron chi connectivity index (χ4n) is 14.0. The summed E-state index contributed by atoms with van der Waals surface area (Å²) in [5, 5.41) is 9.15. The summed E-state index contributed by atoms with van der Waals surface area (Å²) in [6, 6.07) is 0. The van der Waals surface area contributed by atoms with Gasteiger partial charge in [0.1, 0.15) is 18.3 Å². The van der Waals surface area contributed by atoms with Gasteiger partial charge in [0.15, 0.2) is 0 Å². The molecule has 0 amide bonds. The van der Waals surface area contributed by atoms with Crippen LogP contribution in [0, 0.1) is 0 Å². The van der Waals surface area contributed by atoms with Gasteiger partial charge in [-0.2, -0.15) is 0 Å². The van der Waals surface area contributed by atoms with E-state index < -0.39 is 79.9 Å². The zero-order valence-corrected chi connectivity index (χ0v) is 69.1. The maximum atomic E-state index is 16.0. The molecule has 0 aliphatic carbocycles. The number of phosphoric acid groups is 1. The lowest BCUT2D eigenvalue weighted by atomic mass is 10.1.